The van der Waals surface area contributed by atoms with Gasteiger partial charge in [0.1, 0.15) is 0 Å². The predicted molar refractivity (Wildman–Crippen MR) is 76.5 cm³/mol. The van der Waals surface area contributed by atoms with Crippen molar-refractivity contribution >= 4 is 28.5 Å². The molecule has 1 aliphatic rings. The van der Waals surface area contributed by atoms with Crippen LogP contribution in [0.25, 0.3) is 0 Å². The number of nitrogens with two attached hydrogens (primary N) is 1. The van der Waals surface area contributed by atoms with E-state index < -0.39 is 6.04 Å². The molecule has 0 aromatic heterocycles. The van der Waals surface area contributed by atoms with Crippen molar-refractivity contribution in [3.63, 3.8) is 0 Å². The smallest absolute Gasteiger partial charge is 0.239 e. The Morgan fingerprint density at radius 1 is 1.47 bits per heavy atom. The SMILES string of the molecule is CC(N)C(=O)N1CCCC1c1ccc(I)cc1. The molecule has 1 aromatic rings. The lowest BCUT2D eigenvalue weighted by Crippen LogP contribution is -2.41. The van der Waals surface area contributed by atoms with Crippen molar-refractivity contribution in [1.82, 2.24) is 4.90 Å². The number of hydrogen-bond donors (Lipinski definition) is 1. The van der Waals surface area contributed by atoms with E-state index in [1.807, 2.05) is 4.90 Å². The van der Waals surface area contributed by atoms with Crippen molar-refractivity contribution in [2.45, 2.75) is 31.8 Å². The first kappa shape index (κ1) is 12.8. The van der Waals surface area contributed by atoms with Gasteiger partial charge in [0.15, 0.2) is 0 Å². The molecule has 1 aromatic carbocycles. The molecule has 92 valence electrons. The molecule has 2 atom stereocenters. The zero-order valence-corrected chi connectivity index (χ0v) is 12.1. The molecule has 0 saturated carbocycles. The topological polar surface area (TPSA) is 46.3 Å². The predicted octanol–water partition coefficient (Wildman–Crippen LogP) is 2.30. The van der Waals surface area contributed by atoms with Gasteiger partial charge in [-0.15, -0.1) is 0 Å². The maximum Gasteiger partial charge on any atom is 0.239 e. The summed E-state index contributed by atoms with van der Waals surface area (Å²) >= 11 is 2.29. The third-order valence-electron chi connectivity index (χ3n) is 3.18. The molecule has 1 aliphatic heterocycles. The Labute approximate surface area is 116 Å². The molecule has 0 spiro atoms. The Bertz CT molecular complexity index is 402. The minimum Gasteiger partial charge on any atom is -0.334 e. The lowest BCUT2D eigenvalue weighted by molar-refractivity contribution is -0.133. The second-order valence-corrected chi connectivity index (χ2v) is 5.78. The average Bonchev–Trinajstić information content (AvgIpc) is 2.77. The number of halogens is 1. The van der Waals surface area contributed by atoms with Crippen molar-refractivity contribution in [2.24, 2.45) is 5.73 Å². The molecule has 0 radical (unpaired) electrons. The van der Waals surface area contributed by atoms with E-state index in [9.17, 15) is 4.79 Å². The second-order valence-electron chi connectivity index (χ2n) is 4.53. The molecule has 17 heavy (non-hydrogen) atoms. The van der Waals surface area contributed by atoms with Crippen LogP contribution in [0, 0.1) is 3.57 Å². The van der Waals surface area contributed by atoms with Gasteiger partial charge < -0.3 is 10.6 Å². The van der Waals surface area contributed by atoms with Crippen LogP contribution in [0.15, 0.2) is 24.3 Å². The quantitative estimate of drug-likeness (QED) is 0.837. The van der Waals surface area contributed by atoms with Gasteiger partial charge in [0.25, 0.3) is 0 Å². The van der Waals surface area contributed by atoms with Crippen LogP contribution in [0.3, 0.4) is 0 Å². The van der Waals surface area contributed by atoms with Gasteiger partial charge in [-0.1, -0.05) is 12.1 Å². The highest BCUT2D eigenvalue weighted by Gasteiger charge is 2.31. The first-order chi connectivity index (χ1) is 8.09. The molecule has 4 heteroatoms. The average molecular weight is 344 g/mol. The molecule has 1 fully saturated rings. The molecule has 3 nitrogen and oxygen atoms in total. The maximum absolute atomic E-state index is 12.0. The Morgan fingerprint density at radius 2 is 2.12 bits per heavy atom. The molecule has 1 heterocycles. The zero-order valence-electron chi connectivity index (χ0n) is 9.90. The van der Waals surface area contributed by atoms with Crippen molar-refractivity contribution in [1.29, 1.82) is 0 Å². The van der Waals surface area contributed by atoms with Crippen LogP contribution in [0.1, 0.15) is 31.4 Å². The van der Waals surface area contributed by atoms with E-state index in [0.29, 0.717) is 0 Å². The summed E-state index contributed by atoms with van der Waals surface area (Å²) in [5, 5.41) is 0. The number of amides is 1. The molecular weight excluding hydrogens is 327 g/mol. The second kappa shape index (κ2) is 5.35. The van der Waals surface area contributed by atoms with Crippen molar-refractivity contribution in [3.05, 3.63) is 33.4 Å². The largest absolute Gasteiger partial charge is 0.334 e. The van der Waals surface area contributed by atoms with E-state index in [0.717, 1.165) is 19.4 Å². The van der Waals surface area contributed by atoms with Gasteiger partial charge in [0.05, 0.1) is 12.1 Å². The molecule has 0 bridgehead atoms. The maximum atomic E-state index is 12.0. The van der Waals surface area contributed by atoms with Gasteiger partial charge in [-0.05, 0) is 60.1 Å². The van der Waals surface area contributed by atoms with E-state index in [1.165, 1.54) is 9.13 Å². The van der Waals surface area contributed by atoms with Crippen molar-refractivity contribution in [2.75, 3.05) is 6.54 Å². The minimum absolute atomic E-state index is 0.0612. The summed E-state index contributed by atoms with van der Waals surface area (Å²) in [6, 6.07) is 8.20. The van der Waals surface area contributed by atoms with Crippen LogP contribution in [0.2, 0.25) is 0 Å². The van der Waals surface area contributed by atoms with Gasteiger partial charge in [-0.3, -0.25) is 4.79 Å². The van der Waals surface area contributed by atoms with Gasteiger partial charge in [0, 0.05) is 10.1 Å². The molecular formula is C13H17IN2O. The highest BCUT2D eigenvalue weighted by molar-refractivity contribution is 14.1. The summed E-state index contributed by atoms with van der Waals surface area (Å²) in [5.41, 5.74) is 6.91. The summed E-state index contributed by atoms with van der Waals surface area (Å²) in [6.07, 6.45) is 2.11. The Kier molecular flexibility index (Phi) is 4.04. The molecule has 2 rings (SSSR count). The van der Waals surface area contributed by atoms with Crippen LogP contribution in [-0.4, -0.2) is 23.4 Å². The number of hydrogen-bond acceptors (Lipinski definition) is 2. The summed E-state index contributed by atoms with van der Waals surface area (Å²) in [4.78, 5) is 13.9. The third kappa shape index (κ3) is 2.80. The van der Waals surface area contributed by atoms with Gasteiger partial charge in [0.2, 0.25) is 5.91 Å². The highest BCUT2D eigenvalue weighted by atomic mass is 127. The third-order valence-corrected chi connectivity index (χ3v) is 3.90. The Hall–Kier alpha value is -0.620. The molecule has 0 aliphatic carbocycles. The standard InChI is InChI=1S/C13H17IN2O/c1-9(15)13(17)16-8-2-3-12(16)10-4-6-11(14)7-5-10/h4-7,9,12H,2-3,8,15H2,1H3. The number of rotatable bonds is 2. The lowest BCUT2D eigenvalue weighted by atomic mass is 10.0. The summed E-state index contributed by atoms with van der Waals surface area (Å²) in [6.45, 7) is 2.59. The van der Waals surface area contributed by atoms with E-state index in [2.05, 4.69) is 46.9 Å². The van der Waals surface area contributed by atoms with Crippen LogP contribution in [0.4, 0.5) is 0 Å². The lowest BCUT2D eigenvalue weighted by Gasteiger charge is -2.26. The molecule has 1 saturated heterocycles. The first-order valence-corrected chi connectivity index (χ1v) is 6.99. The van der Waals surface area contributed by atoms with E-state index >= 15 is 0 Å². The van der Waals surface area contributed by atoms with E-state index in [1.54, 1.807) is 6.92 Å². The minimum atomic E-state index is -0.403. The first-order valence-electron chi connectivity index (χ1n) is 5.91. The van der Waals surface area contributed by atoms with Crippen LogP contribution >= 0.6 is 22.6 Å². The van der Waals surface area contributed by atoms with Crippen LogP contribution in [0.5, 0.6) is 0 Å². The van der Waals surface area contributed by atoms with E-state index in [-0.39, 0.29) is 11.9 Å². The monoisotopic (exact) mass is 344 g/mol. The summed E-state index contributed by atoms with van der Waals surface area (Å²) < 4.78 is 1.22. The summed E-state index contributed by atoms with van der Waals surface area (Å²) in [5.74, 6) is 0.0612. The molecule has 2 N–H and O–H groups in total. The Balaban J connectivity index is 2.20. The zero-order chi connectivity index (χ0) is 12.4. The summed E-state index contributed by atoms with van der Waals surface area (Å²) in [7, 11) is 0. The fourth-order valence-corrected chi connectivity index (χ4v) is 2.68. The number of carbonyl (C=O) groups is 1. The number of carbonyl (C=O) groups excluding carboxylic acids is 1. The number of benzene rings is 1. The number of nitrogens with zero attached hydrogens (tertiary/aromatic N) is 1. The van der Waals surface area contributed by atoms with Crippen molar-refractivity contribution < 1.29 is 4.79 Å². The van der Waals surface area contributed by atoms with E-state index in [4.69, 9.17) is 5.73 Å². The molecule has 2 unspecified atom stereocenters. The normalized spacial score (nSPS) is 21.6. The van der Waals surface area contributed by atoms with Gasteiger partial charge >= 0.3 is 0 Å². The fraction of sp³-hybridized carbons (Fsp3) is 0.462. The van der Waals surface area contributed by atoms with Crippen molar-refractivity contribution in [3.8, 4) is 0 Å². The Morgan fingerprint density at radius 3 is 2.71 bits per heavy atom. The highest BCUT2D eigenvalue weighted by Crippen LogP contribution is 2.32. The number of likely N-dealkylation sites (tertiary alicyclic amines) is 1. The molecule has 1 amide bonds. The van der Waals surface area contributed by atoms with Crippen LogP contribution in [-0.2, 0) is 4.79 Å². The van der Waals surface area contributed by atoms with Crippen LogP contribution < -0.4 is 5.73 Å². The van der Waals surface area contributed by atoms with Gasteiger partial charge in [-0.2, -0.15) is 0 Å². The van der Waals surface area contributed by atoms with Gasteiger partial charge in [-0.25, -0.2) is 0 Å². The fourth-order valence-electron chi connectivity index (χ4n) is 2.32.